The Balaban J connectivity index is 2.39. The van der Waals surface area contributed by atoms with Crippen molar-refractivity contribution in [3.8, 4) is 5.75 Å². The number of methoxy groups -OCH3 is 2. The fourth-order valence-electron chi connectivity index (χ4n) is 2.09. The van der Waals surface area contributed by atoms with Crippen LogP contribution in [0.2, 0.25) is 0 Å². The zero-order valence-electron chi connectivity index (χ0n) is 10.2. The van der Waals surface area contributed by atoms with Crippen molar-refractivity contribution >= 4 is 22.7 Å². The summed E-state index contributed by atoms with van der Waals surface area (Å²) >= 11 is 0. The van der Waals surface area contributed by atoms with Crippen LogP contribution in [0.3, 0.4) is 0 Å². The van der Waals surface area contributed by atoms with Gasteiger partial charge in [-0.05, 0) is 6.07 Å². The molecule has 0 N–H and O–H groups in total. The minimum atomic E-state index is -0.464. The molecule has 0 amide bonds. The number of carbonyl (C=O) groups is 2. The maximum Gasteiger partial charge on any atom is 0.247 e. The highest BCUT2D eigenvalue weighted by atomic mass is 16.5. The molecule has 0 spiro atoms. The first-order chi connectivity index (χ1) is 9.17. The first-order valence-electron chi connectivity index (χ1n) is 5.47. The average Bonchev–Trinajstić information content (AvgIpc) is 2.88. The molecule has 0 atom stereocenters. The van der Waals surface area contributed by atoms with Gasteiger partial charge in [-0.25, -0.2) is 4.98 Å². The van der Waals surface area contributed by atoms with Gasteiger partial charge in [0, 0.05) is 6.08 Å². The Morgan fingerprint density at radius 2 is 2.00 bits per heavy atom. The third kappa shape index (κ3) is 1.46. The summed E-state index contributed by atoms with van der Waals surface area (Å²) in [4.78, 5) is 28.3. The van der Waals surface area contributed by atoms with Crippen molar-refractivity contribution in [2.45, 2.75) is 0 Å². The maximum atomic E-state index is 12.1. The van der Waals surface area contributed by atoms with Crippen molar-refractivity contribution < 1.29 is 23.5 Å². The number of furan rings is 1. The molecule has 0 bridgehead atoms. The van der Waals surface area contributed by atoms with E-state index in [1.54, 1.807) is 6.07 Å². The second-order valence-electron chi connectivity index (χ2n) is 3.91. The van der Waals surface area contributed by atoms with Crippen LogP contribution in [0.1, 0.15) is 20.8 Å². The molecule has 2 aromatic rings. The van der Waals surface area contributed by atoms with Crippen molar-refractivity contribution in [3.05, 3.63) is 35.4 Å². The standard InChI is InChI=1S/C13H9NO5/c1-17-8-5-7(15)9-10(11(8)16)14-13-6(3-4-19-13)12(9)18-2/h3-5H,1-2H3. The van der Waals surface area contributed by atoms with Gasteiger partial charge in [0.25, 0.3) is 0 Å². The van der Waals surface area contributed by atoms with E-state index in [2.05, 4.69) is 4.98 Å². The molecule has 0 aliphatic heterocycles. The number of ketones is 2. The molecule has 6 heteroatoms. The Labute approximate surface area is 107 Å². The number of pyridine rings is 1. The smallest absolute Gasteiger partial charge is 0.247 e. The summed E-state index contributed by atoms with van der Waals surface area (Å²) in [6.07, 6.45) is 2.56. The van der Waals surface area contributed by atoms with Crippen molar-refractivity contribution in [2.24, 2.45) is 0 Å². The molecule has 19 heavy (non-hydrogen) atoms. The molecule has 0 saturated carbocycles. The van der Waals surface area contributed by atoms with Crippen LogP contribution in [0.15, 0.2) is 28.6 Å². The topological polar surface area (TPSA) is 78.6 Å². The molecule has 2 heterocycles. The normalized spacial score (nSPS) is 14.3. The fourth-order valence-corrected chi connectivity index (χ4v) is 2.09. The number of Topliss-reactive ketones (excluding diaryl/α,β-unsaturated/α-hetero) is 1. The third-order valence-electron chi connectivity index (χ3n) is 2.94. The quantitative estimate of drug-likeness (QED) is 0.817. The largest absolute Gasteiger partial charge is 0.495 e. The van der Waals surface area contributed by atoms with Crippen molar-refractivity contribution in [3.63, 3.8) is 0 Å². The van der Waals surface area contributed by atoms with E-state index in [1.165, 1.54) is 20.5 Å². The number of nitrogens with zero attached hydrogens (tertiary/aromatic N) is 1. The number of aromatic nitrogens is 1. The predicted octanol–water partition coefficient (Wildman–Crippen LogP) is 1.75. The van der Waals surface area contributed by atoms with Crippen molar-refractivity contribution in [1.82, 2.24) is 4.98 Å². The molecule has 0 unspecified atom stereocenters. The van der Waals surface area contributed by atoms with E-state index in [4.69, 9.17) is 13.9 Å². The molecule has 1 aliphatic rings. The Hall–Kier alpha value is -2.63. The molecule has 96 valence electrons. The van der Waals surface area contributed by atoms with E-state index in [-0.39, 0.29) is 28.5 Å². The van der Waals surface area contributed by atoms with Crippen LogP contribution in [0, 0.1) is 0 Å². The summed E-state index contributed by atoms with van der Waals surface area (Å²) in [6.45, 7) is 0. The monoisotopic (exact) mass is 259 g/mol. The van der Waals surface area contributed by atoms with Crippen LogP contribution < -0.4 is 4.74 Å². The summed E-state index contributed by atoms with van der Waals surface area (Å²) in [7, 11) is 2.75. The molecule has 1 aliphatic carbocycles. The number of ether oxygens (including phenoxy) is 2. The van der Waals surface area contributed by atoms with E-state index in [9.17, 15) is 9.59 Å². The van der Waals surface area contributed by atoms with E-state index in [0.29, 0.717) is 11.1 Å². The minimum absolute atomic E-state index is 0.0105. The summed E-state index contributed by atoms with van der Waals surface area (Å²) in [6, 6.07) is 1.63. The van der Waals surface area contributed by atoms with Gasteiger partial charge >= 0.3 is 0 Å². The number of hydrogen-bond donors (Lipinski definition) is 0. The lowest BCUT2D eigenvalue weighted by molar-refractivity contribution is 0.0910. The van der Waals surface area contributed by atoms with Gasteiger partial charge < -0.3 is 13.9 Å². The van der Waals surface area contributed by atoms with Gasteiger partial charge in [-0.15, -0.1) is 0 Å². The average molecular weight is 259 g/mol. The molecule has 0 saturated heterocycles. The van der Waals surface area contributed by atoms with Gasteiger partial charge in [-0.1, -0.05) is 0 Å². The van der Waals surface area contributed by atoms with Crippen LogP contribution in [-0.4, -0.2) is 30.8 Å². The van der Waals surface area contributed by atoms with E-state index in [1.807, 2.05) is 0 Å². The van der Waals surface area contributed by atoms with Gasteiger partial charge in [0.15, 0.2) is 11.5 Å². The van der Waals surface area contributed by atoms with Crippen molar-refractivity contribution in [2.75, 3.05) is 14.2 Å². The molecule has 0 aromatic carbocycles. The van der Waals surface area contributed by atoms with Gasteiger partial charge in [0.05, 0.1) is 31.4 Å². The Kier molecular flexibility index (Phi) is 2.38. The van der Waals surface area contributed by atoms with E-state index in [0.717, 1.165) is 6.08 Å². The second-order valence-corrected chi connectivity index (χ2v) is 3.91. The summed E-state index contributed by atoms with van der Waals surface area (Å²) < 4.78 is 15.3. The fraction of sp³-hybridized carbons (Fsp3) is 0.154. The van der Waals surface area contributed by atoms with E-state index < -0.39 is 5.78 Å². The second kappa shape index (κ2) is 3.94. The van der Waals surface area contributed by atoms with Gasteiger partial charge in [0.1, 0.15) is 11.4 Å². The zero-order valence-corrected chi connectivity index (χ0v) is 10.2. The molecule has 3 rings (SSSR count). The van der Waals surface area contributed by atoms with Crippen LogP contribution in [0.5, 0.6) is 5.75 Å². The lowest BCUT2D eigenvalue weighted by atomic mass is 9.96. The first kappa shape index (κ1) is 11.5. The molecule has 2 aromatic heterocycles. The first-order valence-corrected chi connectivity index (χ1v) is 5.47. The minimum Gasteiger partial charge on any atom is -0.495 e. The molecular formula is C13H9NO5. The molecule has 0 fully saturated rings. The zero-order chi connectivity index (χ0) is 13.6. The SMILES string of the molecule is COC1=CC(=O)c2c(nc3occc3c2OC)C1=O. The molecular weight excluding hydrogens is 250 g/mol. The summed E-state index contributed by atoms with van der Waals surface area (Å²) in [5.41, 5.74) is 0.375. The lowest BCUT2D eigenvalue weighted by Gasteiger charge is -2.15. The summed E-state index contributed by atoms with van der Waals surface area (Å²) in [5, 5.41) is 0.552. The Morgan fingerprint density at radius 1 is 1.21 bits per heavy atom. The highest BCUT2D eigenvalue weighted by Gasteiger charge is 2.33. The predicted molar refractivity (Wildman–Crippen MR) is 64.3 cm³/mol. The third-order valence-corrected chi connectivity index (χ3v) is 2.94. The summed E-state index contributed by atoms with van der Waals surface area (Å²) in [5.74, 6) is -0.593. The number of carbonyl (C=O) groups excluding carboxylic acids is 2. The van der Waals surface area contributed by atoms with Gasteiger partial charge in [0.2, 0.25) is 11.5 Å². The highest BCUT2D eigenvalue weighted by Crippen LogP contribution is 2.35. The van der Waals surface area contributed by atoms with Crippen LogP contribution in [-0.2, 0) is 4.74 Å². The lowest BCUT2D eigenvalue weighted by Crippen LogP contribution is -2.20. The highest BCUT2D eigenvalue weighted by molar-refractivity contribution is 6.25. The van der Waals surface area contributed by atoms with Gasteiger partial charge in [-0.3, -0.25) is 9.59 Å². The van der Waals surface area contributed by atoms with Gasteiger partial charge in [-0.2, -0.15) is 0 Å². The van der Waals surface area contributed by atoms with Crippen molar-refractivity contribution in [1.29, 1.82) is 0 Å². The Morgan fingerprint density at radius 3 is 2.68 bits per heavy atom. The maximum absolute atomic E-state index is 12.1. The Bertz CT molecular complexity index is 741. The van der Waals surface area contributed by atoms with Crippen LogP contribution >= 0.6 is 0 Å². The van der Waals surface area contributed by atoms with E-state index >= 15 is 0 Å². The molecule has 6 nitrogen and oxygen atoms in total. The number of allylic oxidation sites excluding steroid dienone is 2. The number of hydrogen-bond acceptors (Lipinski definition) is 6. The van der Waals surface area contributed by atoms with Crippen LogP contribution in [0.4, 0.5) is 0 Å². The van der Waals surface area contributed by atoms with Crippen LogP contribution in [0.25, 0.3) is 11.1 Å². The molecule has 0 radical (unpaired) electrons. The number of fused-ring (bicyclic) bond motifs is 2. The number of rotatable bonds is 2.